The van der Waals surface area contributed by atoms with Crippen LogP contribution in [0.4, 0.5) is 18.9 Å². The average molecular weight is 395 g/mol. The molecule has 0 aliphatic rings. The number of nitrogens with one attached hydrogen (secondary N) is 1. The van der Waals surface area contributed by atoms with E-state index in [0.717, 1.165) is 34.9 Å². The second-order valence-corrected chi connectivity index (χ2v) is 6.48. The second-order valence-electron chi connectivity index (χ2n) is 5.54. The highest BCUT2D eigenvalue weighted by atomic mass is 32.2. The summed E-state index contributed by atoms with van der Waals surface area (Å²) in [6.45, 7) is 2.73. The van der Waals surface area contributed by atoms with E-state index >= 15 is 0 Å². The van der Waals surface area contributed by atoms with Crippen LogP contribution in [0.3, 0.4) is 0 Å². The summed E-state index contributed by atoms with van der Waals surface area (Å²) in [7, 11) is 0. The topological polar surface area (TPSA) is 56.2 Å². The first-order valence-corrected chi connectivity index (χ1v) is 9.08. The molecular weight excluding hydrogens is 379 g/mol. The summed E-state index contributed by atoms with van der Waals surface area (Å²) < 4.78 is 42.3. The van der Waals surface area contributed by atoms with E-state index in [2.05, 4.69) is 15.0 Å². The molecule has 0 aliphatic heterocycles. The summed E-state index contributed by atoms with van der Waals surface area (Å²) in [5.41, 5.74) is 2.25. The van der Waals surface area contributed by atoms with Crippen LogP contribution in [0.5, 0.6) is 5.75 Å². The van der Waals surface area contributed by atoms with Gasteiger partial charge >= 0.3 is 6.36 Å². The largest absolute Gasteiger partial charge is 0.573 e. The minimum atomic E-state index is -4.74. The minimum Gasteiger partial charge on any atom is -0.406 e. The maximum absolute atomic E-state index is 12.1. The van der Waals surface area contributed by atoms with Crippen LogP contribution in [0.15, 0.2) is 53.7 Å². The fourth-order valence-corrected chi connectivity index (χ4v) is 3.41. The van der Waals surface area contributed by atoms with E-state index in [1.165, 1.54) is 23.9 Å². The highest BCUT2D eigenvalue weighted by Gasteiger charge is 2.30. The van der Waals surface area contributed by atoms with Crippen LogP contribution in [0.2, 0.25) is 0 Å². The molecule has 0 spiro atoms. The van der Waals surface area contributed by atoms with Gasteiger partial charge in [0.25, 0.3) is 0 Å². The van der Waals surface area contributed by atoms with E-state index in [0.29, 0.717) is 5.69 Å². The third kappa shape index (κ3) is 4.94. The third-order valence-corrected chi connectivity index (χ3v) is 4.62. The molecule has 0 aliphatic carbocycles. The Hall–Kier alpha value is -2.68. The number of amides is 1. The van der Waals surface area contributed by atoms with Crippen LogP contribution in [-0.2, 0) is 11.3 Å². The highest BCUT2D eigenvalue weighted by molar-refractivity contribution is 7.99. The molecule has 2 aromatic carbocycles. The fraction of sp³-hybridized carbons (Fsp3) is 0.222. The van der Waals surface area contributed by atoms with Crippen molar-refractivity contribution in [1.82, 2.24) is 9.55 Å². The SMILES string of the molecule is CCn1c(SCC(=O)Nc2ccc(OC(F)(F)F)cc2)nc2ccccc21. The standard InChI is InChI=1S/C18H16F3N3O2S/c1-2-24-15-6-4-3-5-14(15)23-17(24)27-11-16(25)22-12-7-9-13(10-8-12)26-18(19,20)21/h3-10H,2,11H2,1H3,(H,22,25). The van der Waals surface area contributed by atoms with Crippen molar-refractivity contribution in [3.05, 3.63) is 48.5 Å². The molecule has 9 heteroatoms. The lowest BCUT2D eigenvalue weighted by atomic mass is 10.3. The fourth-order valence-electron chi connectivity index (χ4n) is 2.54. The van der Waals surface area contributed by atoms with Gasteiger partial charge in [-0.1, -0.05) is 23.9 Å². The van der Waals surface area contributed by atoms with Gasteiger partial charge in [-0.05, 0) is 43.3 Å². The Morgan fingerprint density at radius 1 is 1.19 bits per heavy atom. The maximum Gasteiger partial charge on any atom is 0.573 e. The highest BCUT2D eigenvalue weighted by Crippen LogP contribution is 2.25. The number of imidazole rings is 1. The number of anilines is 1. The monoisotopic (exact) mass is 395 g/mol. The molecule has 0 atom stereocenters. The molecule has 0 fully saturated rings. The quantitative estimate of drug-likeness (QED) is 0.616. The predicted molar refractivity (Wildman–Crippen MR) is 97.9 cm³/mol. The summed E-state index contributed by atoms with van der Waals surface area (Å²) in [4.78, 5) is 16.7. The van der Waals surface area contributed by atoms with Crippen LogP contribution < -0.4 is 10.1 Å². The number of nitrogens with zero attached hydrogens (tertiary/aromatic N) is 2. The van der Waals surface area contributed by atoms with Crippen LogP contribution in [-0.4, -0.2) is 27.6 Å². The molecule has 5 nitrogen and oxygen atoms in total. The number of rotatable bonds is 6. The minimum absolute atomic E-state index is 0.129. The Balaban J connectivity index is 1.60. The number of halogens is 3. The van der Waals surface area contributed by atoms with Gasteiger partial charge in [-0.3, -0.25) is 4.79 Å². The molecule has 0 saturated heterocycles. The number of carbonyl (C=O) groups is 1. The van der Waals surface area contributed by atoms with Gasteiger partial charge in [0.1, 0.15) is 5.75 Å². The van der Waals surface area contributed by atoms with E-state index in [-0.39, 0.29) is 17.4 Å². The predicted octanol–water partition coefficient (Wildman–Crippen LogP) is 4.69. The van der Waals surface area contributed by atoms with Gasteiger partial charge in [0.15, 0.2) is 5.16 Å². The van der Waals surface area contributed by atoms with Gasteiger partial charge in [0.2, 0.25) is 5.91 Å². The first-order chi connectivity index (χ1) is 12.9. The Morgan fingerprint density at radius 3 is 2.56 bits per heavy atom. The summed E-state index contributed by atoms with van der Waals surface area (Å²) in [5.74, 6) is -0.491. The van der Waals surface area contributed by atoms with Crippen molar-refractivity contribution >= 4 is 34.4 Å². The molecule has 1 amide bonds. The molecule has 0 radical (unpaired) electrons. The number of fused-ring (bicyclic) bond motifs is 1. The van der Waals surface area contributed by atoms with Crippen molar-refractivity contribution in [1.29, 1.82) is 0 Å². The number of aromatic nitrogens is 2. The van der Waals surface area contributed by atoms with Gasteiger partial charge in [-0.15, -0.1) is 13.2 Å². The molecule has 1 N–H and O–H groups in total. The Kier molecular flexibility index (Phi) is 5.59. The smallest absolute Gasteiger partial charge is 0.406 e. The van der Waals surface area contributed by atoms with Crippen molar-refractivity contribution in [3.63, 3.8) is 0 Å². The van der Waals surface area contributed by atoms with Gasteiger partial charge in [0, 0.05) is 12.2 Å². The number of hydrogen-bond acceptors (Lipinski definition) is 4. The number of para-hydroxylation sites is 2. The zero-order valence-electron chi connectivity index (χ0n) is 14.3. The lowest BCUT2D eigenvalue weighted by molar-refractivity contribution is -0.274. The molecule has 1 aromatic heterocycles. The third-order valence-electron chi connectivity index (χ3n) is 3.64. The molecule has 142 valence electrons. The number of alkyl halides is 3. The van der Waals surface area contributed by atoms with Crippen LogP contribution in [0.25, 0.3) is 11.0 Å². The van der Waals surface area contributed by atoms with Crippen molar-refractivity contribution in [2.24, 2.45) is 0 Å². The van der Waals surface area contributed by atoms with Gasteiger partial charge < -0.3 is 14.6 Å². The van der Waals surface area contributed by atoms with E-state index < -0.39 is 6.36 Å². The molecule has 0 unspecified atom stereocenters. The zero-order valence-corrected chi connectivity index (χ0v) is 15.1. The number of aryl methyl sites for hydroxylation is 1. The lowest BCUT2D eigenvalue weighted by Gasteiger charge is -2.10. The maximum atomic E-state index is 12.1. The van der Waals surface area contributed by atoms with Crippen molar-refractivity contribution < 1.29 is 22.7 Å². The van der Waals surface area contributed by atoms with Crippen LogP contribution >= 0.6 is 11.8 Å². The molecule has 3 rings (SSSR count). The number of thioether (sulfide) groups is 1. The molecule has 27 heavy (non-hydrogen) atoms. The normalized spacial score (nSPS) is 11.6. The van der Waals surface area contributed by atoms with E-state index in [9.17, 15) is 18.0 Å². The molecule has 0 saturated carbocycles. The molecular formula is C18H16F3N3O2S. The number of hydrogen-bond donors (Lipinski definition) is 1. The molecule has 3 aromatic rings. The summed E-state index contributed by atoms with van der Waals surface area (Å²) in [5, 5.41) is 3.38. The number of carbonyl (C=O) groups excluding carboxylic acids is 1. The van der Waals surface area contributed by atoms with Crippen molar-refractivity contribution in [3.8, 4) is 5.75 Å². The van der Waals surface area contributed by atoms with E-state index in [1.807, 2.05) is 35.8 Å². The Labute approximate surface area is 157 Å². The molecule has 1 heterocycles. The van der Waals surface area contributed by atoms with Crippen LogP contribution in [0.1, 0.15) is 6.92 Å². The Bertz CT molecular complexity index is 939. The average Bonchev–Trinajstić information content (AvgIpc) is 2.98. The Morgan fingerprint density at radius 2 is 1.89 bits per heavy atom. The number of ether oxygens (including phenoxy) is 1. The van der Waals surface area contributed by atoms with E-state index in [1.54, 1.807) is 0 Å². The van der Waals surface area contributed by atoms with Gasteiger partial charge in [-0.25, -0.2) is 4.98 Å². The summed E-state index contributed by atoms with van der Waals surface area (Å²) in [6, 6.07) is 12.7. The summed E-state index contributed by atoms with van der Waals surface area (Å²) in [6.07, 6.45) is -4.74. The van der Waals surface area contributed by atoms with Crippen molar-refractivity contribution in [2.45, 2.75) is 25.0 Å². The van der Waals surface area contributed by atoms with Gasteiger partial charge in [-0.2, -0.15) is 0 Å². The first-order valence-electron chi connectivity index (χ1n) is 8.09. The lowest BCUT2D eigenvalue weighted by Crippen LogP contribution is -2.17. The van der Waals surface area contributed by atoms with Crippen molar-refractivity contribution in [2.75, 3.05) is 11.1 Å². The second kappa shape index (κ2) is 7.91. The van der Waals surface area contributed by atoms with Crippen LogP contribution in [0, 0.1) is 0 Å². The van der Waals surface area contributed by atoms with E-state index in [4.69, 9.17) is 0 Å². The zero-order chi connectivity index (χ0) is 19.4. The first kappa shape index (κ1) is 19.1. The number of benzene rings is 2. The van der Waals surface area contributed by atoms with Gasteiger partial charge in [0.05, 0.1) is 16.8 Å². The molecule has 0 bridgehead atoms. The summed E-state index contributed by atoms with van der Waals surface area (Å²) >= 11 is 1.30.